The third-order valence-electron chi connectivity index (χ3n) is 5.08. The fourth-order valence-corrected chi connectivity index (χ4v) is 3.30. The van der Waals surface area contributed by atoms with Gasteiger partial charge in [0.05, 0.1) is 35.9 Å². The van der Waals surface area contributed by atoms with Crippen LogP contribution in [0.2, 0.25) is 0 Å². The van der Waals surface area contributed by atoms with E-state index in [2.05, 4.69) is 10.1 Å². The van der Waals surface area contributed by atoms with Gasteiger partial charge in [-0.05, 0) is 12.8 Å². The van der Waals surface area contributed by atoms with Gasteiger partial charge in [0.1, 0.15) is 0 Å². The Morgan fingerprint density at radius 3 is 1.78 bits per heavy atom. The molecule has 1 heterocycles. The molecule has 1 fully saturated rings. The van der Waals surface area contributed by atoms with Crippen LogP contribution in [0.5, 0.6) is 0 Å². The predicted octanol–water partition coefficient (Wildman–Crippen LogP) is 3.79. The molecule has 6 unspecified atom stereocenters. The quantitative estimate of drug-likeness (QED) is 0.387. The lowest BCUT2D eigenvalue weighted by atomic mass is 9.87. The fraction of sp³-hybridized carbons (Fsp3) is 0.826. The lowest BCUT2D eigenvalue weighted by molar-refractivity contribution is -0.155. The van der Waals surface area contributed by atoms with Crippen LogP contribution in [0.25, 0.3) is 0 Å². The van der Waals surface area contributed by atoms with Gasteiger partial charge in [0.15, 0.2) is 0 Å². The molecular formula is C23H49NO8. The Morgan fingerprint density at radius 2 is 1.53 bits per heavy atom. The molecule has 0 aliphatic carbocycles. The van der Waals surface area contributed by atoms with E-state index in [9.17, 15) is 19.2 Å². The highest BCUT2D eigenvalue weighted by molar-refractivity contribution is 5.96. The zero-order valence-electron chi connectivity index (χ0n) is 17.7. The molecule has 0 saturated carbocycles. The number of aliphatic carboxylic acids is 1. The molecule has 0 aromatic carbocycles. The topological polar surface area (TPSA) is 128 Å². The number of methoxy groups -OCH3 is 2. The fourth-order valence-electron chi connectivity index (χ4n) is 3.30. The number of nitrogens with one attached hydrogen (secondary N) is 1. The molecule has 1 amide bonds. The van der Waals surface area contributed by atoms with Crippen molar-refractivity contribution in [1.82, 2.24) is 5.32 Å². The molecule has 1 aliphatic rings. The van der Waals surface area contributed by atoms with Crippen LogP contribution in [0, 0.1) is 23.7 Å². The van der Waals surface area contributed by atoms with E-state index in [4.69, 9.17) is 14.6 Å². The van der Waals surface area contributed by atoms with Crippen molar-refractivity contribution < 1.29 is 38.5 Å². The van der Waals surface area contributed by atoms with E-state index in [0.717, 1.165) is 0 Å². The molecule has 0 aromatic heterocycles. The average Bonchev–Trinajstić information content (AvgIpc) is 2.92. The van der Waals surface area contributed by atoms with Crippen LogP contribution in [-0.2, 0) is 33.4 Å². The van der Waals surface area contributed by atoms with Crippen LogP contribution in [0.4, 0.5) is 0 Å². The van der Waals surface area contributed by atoms with Gasteiger partial charge in [-0.15, -0.1) is 0 Å². The Labute approximate surface area is 195 Å². The van der Waals surface area contributed by atoms with Crippen molar-refractivity contribution in [3.05, 3.63) is 0 Å². The number of ether oxygens (including phenoxy) is 3. The highest BCUT2D eigenvalue weighted by Gasteiger charge is 2.45. The monoisotopic (exact) mass is 467 g/mol. The van der Waals surface area contributed by atoms with Crippen molar-refractivity contribution in [2.45, 2.75) is 82.5 Å². The van der Waals surface area contributed by atoms with Crippen LogP contribution in [0.15, 0.2) is 0 Å². The van der Waals surface area contributed by atoms with E-state index in [1.165, 1.54) is 21.3 Å². The summed E-state index contributed by atoms with van der Waals surface area (Å²) in [7, 11) is 4.49. The first-order valence-corrected chi connectivity index (χ1v) is 9.36. The maximum absolute atomic E-state index is 11.4. The number of amides is 1. The van der Waals surface area contributed by atoms with Crippen LogP contribution >= 0.6 is 0 Å². The molecule has 9 heteroatoms. The first-order chi connectivity index (χ1) is 13.1. The molecule has 0 bridgehead atoms. The van der Waals surface area contributed by atoms with Gasteiger partial charge < -0.3 is 24.6 Å². The minimum absolute atomic E-state index is 0. The number of esters is 2. The Morgan fingerprint density at radius 1 is 1.03 bits per heavy atom. The molecule has 0 radical (unpaired) electrons. The summed E-state index contributed by atoms with van der Waals surface area (Å²) in [6.07, 6.45) is 0.617. The van der Waals surface area contributed by atoms with E-state index < -0.39 is 41.8 Å². The molecule has 9 nitrogen and oxygen atoms in total. The van der Waals surface area contributed by atoms with Gasteiger partial charge in [0.25, 0.3) is 0 Å². The number of carboxylic acid groups (broad SMARTS) is 1. The second-order valence-electron chi connectivity index (χ2n) is 6.69. The summed E-state index contributed by atoms with van der Waals surface area (Å²) < 4.78 is 14.7. The van der Waals surface area contributed by atoms with Crippen molar-refractivity contribution >= 4 is 23.8 Å². The molecule has 0 spiro atoms. The van der Waals surface area contributed by atoms with Gasteiger partial charge in [-0.2, -0.15) is 0 Å². The number of carbonyl (C=O) groups is 4. The van der Waals surface area contributed by atoms with Crippen molar-refractivity contribution in [2.75, 3.05) is 21.3 Å². The van der Waals surface area contributed by atoms with Gasteiger partial charge in [-0.3, -0.25) is 19.2 Å². The van der Waals surface area contributed by atoms with Crippen molar-refractivity contribution in [2.24, 2.45) is 23.7 Å². The first-order valence-electron chi connectivity index (χ1n) is 9.36. The number of hydrogen-bond donors (Lipinski definition) is 2. The summed E-state index contributed by atoms with van der Waals surface area (Å²) in [6.45, 7) is 7.04. The van der Waals surface area contributed by atoms with E-state index in [1.807, 2.05) is 13.8 Å². The lowest BCUT2D eigenvalue weighted by Gasteiger charge is -2.25. The zero-order valence-corrected chi connectivity index (χ0v) is 17.7. The normalized spacial score (nSPS) is 20.1. The minimum Gasteiger partial charge on any atom is -0.481 e. The van der Waals surface area contributed by atoms with Crippen molar-refractivity contribution in [3.8, 4) is 0 Å². The second kappa shape index (κ2) is 19.7. The molecule has 1 aliphatic heterocycles. The SMILES string of the molecule is C.C.C.C.CCC(OC)C(C(=O)O)C(C)C(=O)NC.CCC(OC)C1C(=O)OC(=O)C1C. The van der Waals surface area contributed by atoms with Gasteiger partial charge in [0, 0.05) is 21.3 Å². The van der Waals surface area contributed by atoms with Gasteiger partial charge >= 0.3 is 17.9 Å². The van der Waals surface area contributed by atoms with Crippen LogP contribution < -0.4 is 5.32 Å². The number of rotatable bonds is 9. The maximum Gasteiger partial charge on any atom is 0.320 e. The summed E-state index contributed by atoms with van der Waals surface area (Å²) in [6, 6.07) is 0. The molecule has 1 saturated heterocycles. The minimum atomic E-state index is -1.00. The Kier molecular flexibility index (Phi) is 24.8. The lowest BCUT2D eigenvalue weighted by Crippen LogP contribution is -2.41. The zero-order chi connectivity index (χ0) is 22.0. The van der Waals surface area contributed by atoms with Crippen LogP contribution in [0.3, 0.4) is 0 Å². The number of hydrogen-bond acceptors (Lipinski definition) is 7. The number of cyclic esters (lactones) is 2. The summed E-state index contributed by atoms with van der Waals surface area (Å²) in [4.78, 5) is 44.7. The highest BCUT2D eigenvalue weighted by atomic mass is 16.6. The maximum atomic E-state index is 11.4. The summed E-state index contributed by atoms with van der Waals surface area (Å²) in [5.74, 6) is -4.38. The number of carbonyl (C=O) groups excluding carboxylic acids is 3. The highest BCUT2D eigenvalue weighted by Crippen LogP contribution is 2.28. The van der Waals surface area contributed by atoms with Gasteiger partial charge in [-0.25, -0.2) is 0 Å². The largest absolute Gasteiger partial charge is 0.481 e. The molecule has 6 atom stereocenters. The Balaban J connectivity index is -0.000000136. The Bertz CT molecular complexity index is 544. The van der Waals surface area contributed by atoms with Gasteiger partial charge in [-0.1, -0.05) is 57.4 Å². The summed E-state index contributed by atoms with van der Waals surface area (Å²) >= 11 is 0. The van der Waals surface area contributed by atoms with Crippen molar-refractivity contribution in [3.63, 3.8) is 0 Å². The van der Waals surface area contributed by atoms with E-state index >= 15 is 0 Å². The average molecular weight is 468 g/mol. The second-order valence-corrected chi connectivity index (χ2v) is 6.69. The Hall–Kier alpha value is -2.00. The van der Waals surface area contributed by atoms with Gasteiger partial charge in [0.2, 0.25) is 5.91 Å². The molecule has 0 aromatic rings. The molecular weight excluding hydrogens is 418 g/mol. The van der Waals surface area contributed by atoms with Crippen LogP contribution in [0.1, 0.15) is 70.2 Å². The van der Waals surface area contributed by atoms with Crippen molar-refractivity contribution in [1.29, 1.82) is 0 Å². The smallest absolute Gasteiger partial charge is 0.320 e. The molecule has 2 N–H and O–H groups in total. The third-order valence-corrected chi connectivity index (χ3v) is 5.08. The number of carboxylic acids is 1. The standard InChI is InChI=1S/C10H19NO4.C9H14O4.4CH4/c1-5-7(15-4)8(10(13)14)6(2)9(12)11-3;1-4-6(12-3)7-5(2)8(10)13-9(7)11;;;;/h6-8H,5H2,1-4H3,(H,11,12)(H,13,14);5-7H,4H2,1-3H3;4*1H4. The first kappa shape index (κ1) is 40.4. The predicted molar refractivity (Wildman–Crippen MR) is 127 cm³/mol. The molecule has 194 valence electrons. The molecule has 32 heavy (non-hydrogen) atoms. The molecule has 1 rings (SSSR count). The third kappa shape index (κ3) is 10.5. The summed E-state index contributed by atoms with van der Waals surface area (Å²) in [5.41, 5.74) is 0. The van der Waals surface area contributed by atoms with E-state index in [-0.39, 0.29) is 47.6 Å². The van der Waals surface area contributed by atoms with E-state index in [0.29, 0.717) is 12.8 Å². The van der Waals surface area contributed by atoms with E-state index in [1.54, 1.807) is 13.8 Å². The van der Waals surface area contributed by atoms with Crippen LogP contribution in [-0.4, -0.2) is 62.4 Å². The summed E-state index contributed by atoms with van der Waals surface area (Å²) in [5, 5.41) is 11.5.